The highest BCUT2D eigenvalue weighted by Gasteiger charge is 2.44. The zero-order chi connectivity index (χ0) is 21.8. The Balaban J connectivity index is 1.45. The first-order chi connectivity index (χ1) is 15.1. The van der Waals surface area contributed by atoms with E-state index < -0.39 is 24.5 Å². The van der Waals surface area contributed by atoms with Gasteiger partial charge in [-0.05, 0) is 6.26 Å². The molecule has 2 aliphatic heterocycles. The molecule has 1 amide bonds. The first-order valence-electron chi connectivity index (χ1n) is 10.0. The van der Waals surface area contributed by atoms with Gasteiger partial charge >= 0.3 is 0 Å². The largest absolute Gasteiger partial charge is 0.387 e. The second-order valence-electron chi connectivity index (χ2n) is 7.35. The van der Waals surface area contributed by atoms with Crippen LogP contribution < -0.4 is 5.32 Å². The van der Waals surface area contributed by atoms with E-state index in [0.717, 1.165) is 13.1 Å². The van der Waals surface area contributed by atoms with Crippen molar-refractivity contribution in [3.05, 3.63) is 24.8 Å². The Morgan fingerprint density at radius 1 is 1.29 bits per heavy atom. The van der Waals surface area contributed by atoms with Crippen molar-refractivity contribution in [1.29, 1.82) is 0 Å². The number of imidazole rings is 1. The lowest BCUT2D eigenvalue weighted by Gasteiger charge is -2.24. The Hall–Kier alpha value is -2.09. The smallest absolute Gasteiger partial charge is 0.249 e. The van der Waals surface area contributed by atoms with E-state index in [9.17, 15) is 15.0 Å². The molecule has 168 valence electrons. The molecule has 0 aromatic carbocycles. The summed E-state index contributed by atoms with van der Waals surface area (Å²) in [6.45, 7) is 3.77. The molecule has 2 aromatic rings. The van der Waals surface area contributed by atoms with Crippen molar-refractivity contribution in [2.75, 3.05) is 50.2 Å². The van der Waals surface area contributed by atoms with Gasteiger partial charge in [0, 0.05) is 31.5 Å². The van der Waals surface area contributed by atoms with Gasteiger partial charge in [-0.25, -0.2) is 15.0 Å². The molecule has 2 aromatic heterocycles. The topological polar surface area (TPSA) is 135 Å². The van der Waals surface area contributed by atoms with Crippen molar-refractivity contribution in [1.82, 2.24) is 24.4 Å². The van der Waals surface area contributed by atoms with Crippen LogP contribution in [0.3, 0.4) is 0 Å². The Morgan fingerprint density at radius 3 is 2.87 bits per heavy atom. The third kappa shape index (κ3) is 4.89. The maximum atomic E-state index is 12.3. The monoisotopic (exact) mass is 450 g/mol. The summed E-state index contributed by atoms with van der Waals surface area (Å²) in [6, 6.07) is 0. The molecule has 4 heterocycles. The number of carbonyl (C=O) groups is 1. The minimum atomic E-state index is -1.12. The Bertz CT molecular complexity index is 934. The zero-order valence-corrected chi connectivity index (χ0v) is 17.9. The summed E-state index contributed by atoms with van der Waals surface area (Å²) >= 11 is 1.52. The molecule has 0 bridgehead atoms. The fourth-order valence-electron chi connectivity index (χ4n) is 3.64. The highest BCUT2D eigenvalue weighted by Crippen LogP contribution is 2.33. The summed E-state index contributed by atoms with van der Waals surface area (Å²) in [5, 5.41) is 23.4. The van der Waals surface area contributed by atoms with Crippen molar-refractivity contribution in [2.45, 2.75) is 24.5 Å². The quantitative estimate of drug-likeness (QED) is 0.480. The molecule has 0 aliphatic carbocycles. The standard InChI is InChI=1S/C19H26N6O5S/c1-31-9-12-15(27)16(28)19(30-12)25-11-22-14-17(20-10-21-18(14)25)23-13(26)3-2-4-24-5-7-29-8-6-24/h2-3,10-12,15-16,19,27-28H,4-9H2,1H3,(H,20,21,23,26)/b3-2+/t12-,15-,16-,19-/m1/s1. The molecular weight excluding hydrogens is 424 g/mol. The fraction of sp³-hybridized carbons (Fsp3) is 0.579. The summed E-state index contributed by atoms with van der Waals surface area (Å²) < 4.78 is 12.7. The Morgan fingerprint density at radius 2 is 2.10 bits per heavy atom. The van der Waals surface area contributed by atoms with Gasteiger partial charge in [-0.2, -0.15) is 11.8 Å². The number of morpholine rings is 1. The molecule has 2 aliphatic rings. The van der Waals surface area contributed by atoms with Gasteiger partial charge in [-0.3, -0.25) is 14.3 Å². The van der Waals surface area contributed by atoms with E-state index in [1.807, 2.05) is 6.26 Å². The van der Waals surface area contributed by atoms with Crippen LogP contribution in [-0.4, -0.2) is 104 Å². The number of anilines is 1. The third-order valence-electron chi connectivity index (χ3n) is 5.28. The molecule has 4 rings (SSSR count). The maximum absolute atomic E-state index is 12.3. The Kier molecular flexibility index (Phi) is 7.15. The first kappa shape index (κ1) is 22.1. The summed E-state index contributed by atoms with van der Waals surface area (Å²) in [5.41, 5.74) is 0.764. The number of aromatic nitrogens is 4. The average molecular weight is 451 g/mol. The fourth-order valence-corrected chi connectivity index (χ4v) is 4.25. The van der Waals surface area contributed by atoms with E-state index in [2.05, 4.69) is 25.2 Å². The van der Waals surface area contributed by atoms with Crippen molar-refractivity contribution < 1.29 is 24.5 Å². The number of hydrogen-bond acceptors (Lipinski definition) is 10. The molecule has 0 unspecified atom stereocenters. The summed E-state index contributed by atoms with van der Waals surface area (Å²) in [5.74, 6) is 0.489. The van der Waals surface area contributed by atoms with Gasteiger partial charge in [-0.15, -0.1) is 0 Å². The van der Waals surface area contributed by atoms with Gasteiger partial charge in [0.1, 0.15) is 18.5 Å². The van der Waals surface area contributed by atoms with Crippen LogP contribution in [-0.2, 0) is 14.3 Å². The normalized spacial score (nSPS) is 27.3. The van der Waals surface area contributed by atoms with Crippen molar-refractivity contribution in [2.24, 2.45) is 0 Å². The van der Waals surface area contributed by atoms with Gasteiger partial charge in [0.25, 0.3) is 0 Å². The average Bonchev–Trinajstić information content (AvgIpc) is 3.32. The van der Waals surface area contributed by atoms with Gasteiger partial charge in [0.05, 0.1) is 25.6 Å². The molecule has 2 fully saturated rings. The number of thioether (sulfide) groups is 1. The molecule has 4 atom stereocenters. The van der Waals surface area contributed by atoms with E-state index in [4.69, 9.17) is 9.47 Å². The predicted molar refractivity (Wildman–Crippen MR) is 115 cm³/mol. The van der Waals surface area contributed by atoms with E-state index in [-0.39, 0.29) is 11.7 Å². The van der Waals surface area contributed by atoms with E-state index in [0.29, 0.717) is 36.7 Å². The van der Waals surface area contributed by atoms with E-state index in [1.165, 1.54) is 30.5 Å². The highest BCUT2D eigenvalue weighted by atomic mass is 32.2. The zero-order valence-electron chi connectivity index (χ0n) is 17.1. The van der Waals surface area contributed by atoms with Gasteiger partial charge < -0.3 is 25.0 Å². The Labute approximate surface area is 183 Å². The minimum absolute atomic E-state index is 0.262. The lowest BCUT2D eigenvalue weighted by atomic mass is 10.1. The number of carbonyl (C=O) groups excluding carboxylic acids is 1. The molecular formula is C19H26N6O5S. The SMILES string of the molecule is CSC[C@H]1O[C@@H](n2cnc3c(NC(=O)/C=C/CN4CCOCC4)ncnc32)[C@H](O)[C@@H]1O. The van der Waals surface area contributed by atoms with Crippen LogP contribution in [0.2, 0.25) is 0 Å². The van der Waals surface area contributed by atoms with Gasteiger partial charge in [0.15, 0.2) is 23.2 Å². The molecule has 12 heteroatoms. The van der Waals surface area contributed by atoms with Crippen molar-refractivity contribution >= 4 is 34.7 Å². The van der Waals surface area contributed by atoms with Crippen LogP contribution in [0.4, 0.5) is 5.82 Å². The summed E-state index contributed by atoms with van der Waals surface area (Å²) in [7, 11) is 0. The van der Waals surface area contributed by atoms with Crippen LogP contribution in [0.5, 0.6) is 0 Å². The number of aliphatic hydroxyl groups is 2. The second kappa shape index (κ2) is 10.0. The molecule has 0 spiro atoms. The predicted octanol–water partition coefficient (Wildman–Crippen LogP) is -0.365. The molecule has 0 saturated carbocycles. The molecule has 11 nitrogen and oxygen atoms in total. The number of hydrogen-bond donors (Lipinski definition) is 3. The number of amides is 1. The molecule has 31 heavy (non-hydrogen) atoms. The van der Waals surface area contributed by atoms with Crippen molar-refractivity contribution in [3.63, 3.8) is 0 Å². The number of fused-ring (bicyclic) bond motifs is 1. The number of ether oxygens (including phenoxy) is 2. The number of rotatable bonds is 7. The lowest BCUT2D eigenvalue weighted by Crippen LogP contribution is -2.36. The number of nitrogens with one attached hydrogen (secondary N) is 1. The molecule has 2 saturated heterocycles. The first-order valence-corrected chi connectivity index (χ1v) is 11.4. The van der Waals surface area contributed by atoms with E-state index >= 15 is 0 Å². The lowest BCUT2D eigenvalue weighted by molar-refractivity contribution is -0.111. The molecule has 0 radical (unpaired) electrons. The van der Waals surface area contributed by atoms with Gasteiger partial charge in [-0.1, -0.05) is 6.08 Å². The maximum Gasteiger partial charge on any atom is 0.249 e. The van der Waals surface area contributed by atoms with Crippen LogP contribution >= 0.6 is 11.8 Å². The van der Waals surface area contributed by atoms with Crippen molar-refractivity contribution in [3.8, 4) is 0 Å². The van der Waals surface area contributed by atoms with Crippen LogP contribution in [0.15, 0.2) is 24.8 Å². The van der Waals surface area contributed by atoms with Crippen LogP contribution in [0, 0.1) is 0 Å². The highest BCUT2D eigenvalue weighted by molar-refractivity contribution is 7.98. The summed E-state index contributed by atoms with van der Waals surface area (Å²) in [4.78, 5) is 27.2. The number of aliphatic hydroxyl groups excluding tert-OH is 2. The van der Waals surface area contributed by atoms with Gasteiger partial charge in [0.2, 0.25) is 5.91 Å². The molecule has 3 N–H and O–H groups in total. The van der Waals surface area contributed by atoms with Crippen LogP contribution in [0.25, 0.3) is 11.2 Å². The van der Waals surface area contributed by atoms with Crippen LogP contribution in [0.1, 0.15) is 6.23 Å². The summed E-state index contributed by atoms with van der Waals surface area (Å²) in [6.07, 6.45) is 4.49. The second-order valence-corrected chi connectivity index (χ2v) is 8.26. The minimum Gasteiger partial charge on any atom is -0.387 e. The van der Waals surface area contributed by atoms with E-state index in [1.54, 1.807) is 10.6 Å². The number of nitrogens with zero attached hydrogens (tertiary/aromatic N) is 5. The third-order valence-corrected chi connectivity index (χ3v) is 5.94.